The molecule has 0 radical (unpaired) electrons. The van der Waals surface area contributed by atoms with Crippen molar-refractivity contribution in [1.82, 2.24) is 0 Å². The van der Waals surface area contributed by atoms with Crippen LogP contribution in [-0.4, -0.2) is 13.2 Å². The van der Waals surface area contributed by atoms with Crippen molar-refractivity contribution in [2.24, 2.45) is 0 Å². The van der Waals surface area contributed by atoms with Crippen LogP contribution in [0.3, 0.4) is 0 Å². The molecule has 0 atom stereocenters. The number of hydrogen-bond donors (Lipinski definition) is 0. The van der Waals surface area contributed by atoms with Gasteiger partial charge in [-0.1, -0.05) is 0 Å². The Morgan fingerprint density at radius 1 is 1.11 bits per heavy atom. The zero-order chi connectivity index (χ0) is 13.4. The molecule has 0 spiro atoms. The van der Waals surface area contributed by atoms with E-state index in [4.69, 9.17) is 9.47 Å². The van der Waals surface area contributed by atoms with Gasteiger partial charge in [0, 0.05) is 12.5 Å². The third-order valence-electron chi connectivity index (χ3n) is 2.41. The topological polar surface area (TPSA) is 18.5 Å². The van der Waals surface area contributed by atoms with Crippen molar-refractivity contribution in [2.75, 3.05) is 13.2 Å². The number of benzene rings is 1. The summed E-state index contributed by atoms with van der Waals surface area (Å²) in [7, 11) is 0. The van der Waals surface area contributed by atoms with Crippen molar-refractivity contribution < 1.29 is 9.47 Å². The predicted octanol–water partition coefficient (Wildman–Crippen LogP) is 4.20. The van der Waals surface area contributed by atoms with Crippen LogP contribution in [0.2, 0.25) is 0 Å². The molecule has 3 heteroatoms. The van der Waals surface area contributed by atoms with E-state index in [-0.39, 0.29) is 0 Å². The van der Waals surface area contributed by atoms with Crippen LogP contribution in [0.4, 0.5) is 0 Å². The highest BCUT2D eigenvalue weighted by molar-refractivity contribution is 9.10. The SMILES string of the molecule is CC#CCCc1cc(Br)c(OCC)cc1OCC. The first-order chi connectivity index (χ1) is 8.72. The monoisotopic (exact) mass is 310 g/mol. The fourth-order valence-electron chi connectivity index (χ4n) is 1.65. The van der Waals surface area contributed by atoms with Crippen LogP contribution >= 0.6 is 15.9 Å². The summed E-state index contributed by atoms with van der Waals surface area (Å²) in [6.45, 7) is 7.11. The number of halogens is 1. The van der Waals surface area contributed by atoms with Gasteiger partial charge in [-0.05, 0) is 54.8 Å². The number of aryl methyl sites for hydroxylation is 1. The molecule has 0 aliphatic carbocycles. The van der Waals surface area contributed by atoms with Gasteiger partial charge in [0.05, 0.1) is 17.7 Å². The van der Waals surface area contributed by atoms with Crippen LogP contribution in [-0.2, 0) is 6.42 Å². The quantitative estimate of drug-likeness (QED) is 0.733. The molecule has 0 saturated heterocycles. The Morgan fingerprint density at radius 2 is 1.78 bits per heavy atom. The smallest absolute Gasteiger partial charge is 0.137 e. The van der Waals surface area contributed by atoms with Gasteiger partial charge < -0.3 is 9.47 Å². The van der Waals surface area contributed by atoms with Gasteiger partial charge in [-0.3, -0.25) is 0 Å². The maximum Gasteiger partial charge on any atom is 0.137 e. The second-order valence-corrected chi connectivity index (χ2v) is 4.54. The summed E-state index contributed by atoms with van der Waals surface area (Å²) in [5, 5.41) is 0. The van der Waals surface area contributed by atoms with Crippen LogP contribution in [0, 0.1) is 11.8 Å². The van der Waals surface area contributed by atoms with Gasteiger partial charge in [0.25, 0.3) is 0 Å². The Labute approximate surface area is 118 Å². The first-order valence-electron chi connectivity index (χ1n) is 6.20. The molecule has 18 heavy (non-hydrogen) atoms. The van der Waals surface area contributed by atoms with Gasteiger partial charge in [-0.25, -0.2) is 0 Å². The lowest BCUT2D eigenvalue weighted by atomic mass is 10.1. The average molecular weight is 311 g/mol. The molecule has 1 aromatic rings. The first kappa shape index (κ1) is 14.9. The van der Waals surface area contributed by atoms with Gasteiger partial charge in [-0.15, -0.1) is 11.8 Å². The largest absolute Gasteiger partial charge is 0.493 e. The molecule has 0 aromatic heterocycles. The molecule has 0 N–H and O–H groups in total. The molecule has 0 saturated carbocycles. The molecule has 1 aromatic carbocycles. The van der Waals surface area contributed by atoms with Crippen molar-refractivity contribution in [3.05, 3.63) is 22.2 Å². The molecule has 0 aliphatic heterocycles. The van der Waals surface area contributed by atoms with Crippen molar-refractivity contribution in [2.45, 2.75) is 33.6 Å². The highest BCUT2D eigenvalue weighted by atomic mass is 79.9. The Kier molecular flexibility index (Phi) is 6.67. The minimum absolute atomic E-state index is 0.644. The summed E-state index contributed by atoms with van der Waals surface area (Å²) >= 11 is 3.53. The molecule has 1 rings (SSSR count). The predicted molar refractivity (Wildman–Crippen MR) is 78.3 cm³/mol. The third kappa shape index (κ3) is 4.27. The Balaban J connectivity index is 2.98. The Bertz CT molecular complexity index is 444. The summed E-state index contributed by atoms with van der Waals surface area (Å²) < 4.78 is 12.2. The van der Waals surface area contributed by atoms with Gasteiger partial charge in [0.1, 0.15) is 11.5 Å². The van der Waals surface area contributed by atoms with E-state index in [0.717, 1.165) is 34.4 Å². The van der Waals surface area contributed by atoms with Crippen molar-refractivity contribution in [1.29, 1.82) is 0 Å². The van der Waals surface area contributed by atoms with Crippen LogP contribution in [0.25, 0.3) is 0 Å². The van der Waals surface area contributed by atoms with E-state index in [1.807, 2.05) is 26.8 Å². The molecule has 0 aliphatic rings. The molecule has 98 valence electrons. The lowest BCUT2D eigenvalue weighted by Gasteiger charge is -2.13. The Morgan fingerprint density at radius 3 is 2.39 bits per heavy atom. The van der Waals surface area contributed by atoms with Crippen LogP contribution in [0.5, 0.6) is 11.5 Å². The standard InChI is InChI=1S/C15H19BrO2/c1-4-7-8-9-12-10-13(16)15(18-6-3)11-14(12)17-5-2/h10-11H,5-6,8-9H2,1-3H3. The van der Waals surface area contributed by atoms with E-state index in [9.17, 15) is 0 Å². The minimum Gasteiger partial charge on any atom is -0.493 e. The molecular formula is C15H19BrO2. The summed E-state index contributed by atoms with van der Waals surface area (Å²) in [6, 6.07) is 4.01. The van der Waals surface area contributed by atoms with E-state index in [0.29, 0.717) is 13.2 Å². The van der Waals surface area contributed by atoms with Gasteiger partial charge in [0.2, 0.25) is 0 Å². The molecule has 0 amide bonds. The highest BCUT2D eigenvalue weighted by Crippen LogP contribution is 2.33. The van der Waals surface area contributed by atoms with Crippen molar-refractivity contribution in [3.63, 3.8) is 0 Å². The van der Waals surface area contributed by atoms with E-state index < -0.39 is 0 Å². The van der Waals surface area contributed by atoms with E-state index in [1.54, 1.807) is 0 Å². The molecule has 0 bridgehead atoms. The fraction of sp³-hybridized carbons (Fsp3) is 0.467. The summed E-state index contributed by atoms with van der Waals surface area (Å²) in [5.41, 5.74) is 1.16. The third-order valence-corrected chi connectivity index (χ3v) is 3.03. The number of rotatable bonds is 6. The molecule has 0 heterocycles. The second kappa shape index (κ2) is 8.05. The maximum absolute atomic E-state index is 5.66. The van der Waals surface area contributed by atoms with Gasteiger partial charge >= 0.3 is 0 Å². The zero-order valence-electron chi connectivity index (χ0n) is 11.2. The Hall–Kier alpha value is -1.14. The van der Waals surface area contributed by atoms with Gasteiger partial charge in [0.15, 0.2) is 0 Å². The first-order valence-corrected chi connectivity index (χ1v) is 6.99. The highest BCUT2D eigenvalue weighted by Gasteiger charge is 2.09. The minimum atomic E-state index is 0.644. The maximum atomic E-state index is 5.66. The zero-order valence-corrected chi connectivity index (χ0v) is 12.8. The second-order valence-electron chi connectivity index (χ2n) is 3.68. The van der Waals surface area contributed by atoms with E-state index in [2.05, 4.69) is 33.8 Å². The number of hydrogen-bond acceptors (Lipinski definition) is 2. The normalized spacial score (nSPS) is 9.56. The van der Waals surface area contributed by atoms with Crippen LogP contribution in [0.1, 0.15) is 32.8 Å². The van der Waals surface area contributed by atoms with Gasteiger partial charge in [-0.2, -0.15) is 0 Å². The summed E-state index contributed by atoms with van der Waals surface area (Å²) in [5.74, 6) is 7.70. The fourth-order valence-corrected chi connectivity index (χ4v) is 2.15. The van der Waals surface area contributed by atoms with Crippen molar-refractivity contribution in [3.8, 4) is 23.3 Å². The lowest BCUT2D eigenvalue weighted by Crippen LogP contribution is -2.00. The molecule has 2 nitrogen and oxygen atoms in total. The van der Waals surface area contributed by atoms with Crippen LogP contribution < -0.4 is 9.47 Å². The van der Waals surface area contributed by atoms with E-state index in [1.165, 1.54) is 0 Å². The van der Waals surface area contributed by atoms with E-state index >= 15 is 0 Å². The molecule has 0 unspecified atom stereocenters. The molecular weight excluding hydrogens is 292 g/mol. The average Bonchev–Trinajstić information content (AvgIpc) is 2.35. The summed E-state index contributed by atoms with van der Waals surface area (Å²) in [4.78, 5) is 0. The van der Waals surface area contributed by atoms with Crippen molar-refractivity contribution >= 4 is 15.9 Å². The van der Waals surface area contributed by atoms with Crippen LogP contribution in [0.15, 0.2) is 16.6 Å². The molecule has 0 fully saturated rings. The lowest BCUT2D eigenvalue weighted by molar-refractivity contribution is 0.319. The number of ether oxygens (including phenoxy) is 2. The summed E-state index contributed by atoms with van der Waals surface area (Å²) in [6.07, 6.45) is 1.73.